The van der Waals surface area contributed by atoms with Crippen molar-refractivity contribution in [3.63, 3.8) is 0 Å². The fraction of sp³-hybridized carbons (Fsp3) is 0.529. The van der Waals surface area contributed by atoms with Gasteiger partial charge in [0.05, 0.1) is 23.1 Å². The maximum absolute atomic E-state index is 12.4. The van der Waals surface area contributed by atoms with Crippen LogP contribution in [0.5, 0.6) is 0 Å². The molecule has 1 N–H and O–H groups in total. The van der Waals surface area contributed by atoms with Gasteiger partial charge in [0, 0.05) is 19.5 Å². The minimum atomic E-state index is -0.281. The minimum Gasteiger partial charge on any atom is -0.444 e. The molecule has 124 valence electrons. The number of nitrogens with zero attached hydrogens (tertiary/aromatic N) is 2. The molecule has 6 heteroatoms. The highest BCUT2D eigenvalue weighted by Crippen LogP contribution is 2.26. The highest BCUT2D eigenvalue weighted by molar-refractivity contribution is 7.13. The summed E-state index contributed by atoms with van der Waals surface area (Å²) in [5, 5.41) is 12.0. The lowest BCUT2D eigenvalue weighted by Crippen LogP contribution is -2.38. The summed E-state index contributed by atoms with van der Waals surface area (Å²) in [5.74, 6) is 0.763. The van der Waals surface area contributed by atoms with Crippen LogP contribution < -0.4 is 0 Å². The molecular weight excluding hydrogens is 312 g/mol. The Morgan fingerprint density at radius 3 is 3.04 bits per heavy atom. The van der Waals surface area contributed by atoms with Crippen molar-refractivity contribution in [1.29, 1.82) is 0 Å². The number of oxazole rings is 1. The van der Waals surface area contributed by atoms with Crippen molar-refractivity contribution in [3.8, 4) is 10.8 Å². The van der Waals surface area contributed by atoms with E-state index in [9.17, 15) is 9.90 Å². The number of aliphatic hydroxyl groups excluding tert-OH is 1. The molecule has 2 atom stereocenters. The second-order valence-electron chi connectivity index (χ2n) is 6.18. The summed E-state index contributed by atoms with van der Waals surface area (Å²) >= 11 is 1.56. The molecule has 1 aliphatic carbocycles. The fourth-order valence-corrected chi connectivity index (χ4v) is 3.70. The summed E-state index contributed by atoms with van der Waals surface area (Å²) in [5.41, 5.74) is 0.648. The van der Waals surface area contributed by atoms with Crippen LogP contribution in [-0.2, 0) is 11.2 Å². The first kappa shape index (κ1) is 16.2. The Kier molecular flexibility index (Phi) is 5.13. The molecule has 0 saturated heterocycles. The molecule has 2 aromatic heterocycles. The fourth-order valence-electron chi connectivity index (χ4n) is 3.05. The smallest absolute Gasteiger partial charge is 0.236 e. The SMILES string of the molecule is CN(CC1CCCCC1O)C(=O)Cc1coc(-c2cccs2)n1. The second kappa shape index (κ2) is 7.27. The number of thiophene rings is 1. The van der Waals surface area contributed by atoms with Crippen LogP contribution in [0.2, 0.25) is 0 Å². The molecular formula is C17H22N2O3S. The number of aliphatic hydroxyl groups is 1. The van der Waals surface area contributed by atoms with Crippen molar-refractivity contribution in [2.75, 3.05) is 13.6 Å². The zero-order valence-electron chi connectivity index (χ0n) is 13.3. The zero-order chi connectivity index (χ0) is 16.2. The normalized spacial score (nSPS) is 21.3. The van der Waals surface area contributed by atoms with E-state index in [0.717, 1.165) is 30.6 Å². The third-order valence-electron chi connectivity index (χ3n) is 4.42. The van der Waals surface area contributed by atoms with E-state index in [4.69, 9.17) is 4.42 Å². The van der Waals surface area contributed by atoms with Crippen molar-refractivity contribution in [2.45, 2.75) is 38.2 Å². The highest BCUT2D eigenvalue weighted by Gasteiger charge is 2.25. The highest BCUT2D eigenvalue weighted by atomic mass is 32.1. The van der Waals surface area contributed by atoms with Crippen molar-refractivity contribution in [1.82, 2.24) is 9.88 Å². The molecule has 2 heterocycles. The van der Waals surface area contributed by atoms with Gasteiger partial charge in [0.25, 0.3) is 0 Å². The van der Waals surface area contributed by atoms with Crippen LogP contribution in [0.25, 0.3) is 10.8 Å². The van der Waals surface area contributed by atoms with Crippen molar-refractivity contribution in [3.05, 3.63) is 29.5 Å². The summed E-state index contributed by atoms with van der Waals surface area (Å²) in [6.07, 6.45) is 5.56. The molecule has 2 unspecified atom stereocenters. The van der Waals surface area contributed by atoms with Gasteiger partial charge < -0.3 is 14.4 Å². The van der Waals surface area contributed by atoms with Gasteiger partial charge in [-0.3, -0.25) is 4.79 Å². The summed E-state index contributed by atoms with van der Waals surface area (Å²) < 4.78 is 5.45. The summed E-state index contributed by atoms with van der Waals surface area (Å²) in [6.45, 7) is 0.607. The Morgan fingerprint density at radius 2 is 2.30 bits per heavy atom. The summed E-state index contributed by atoms with van der Waals surface area (Å²) in [7, 11) is 1.80. The van der Waals surface area contributed by atoms with Crippen molar-refractivity contribution in [2.24, 2.45) is 5.92 Å². The first-order valence-corrected chi connectivity index (χ1v) is 8.92. The maximum atomic E-state index is 12.4. The molecule has 0 aliphatic heterocycles. The van der Waals surface area contributed by atoms with Gasteiger partial charge in [-0.25, -0.2) is 4.98 Å². The van der Waals surface area contributed by atoms with Crippen molar-refractivity contribution >= 4 is 17.2 Å². The van der Waals surface area contributed by atoms with Gasteiger partial charge in [-0.05, 0) is 24.3 Å². The van der Waals surface area contributed by atoms with E-state index in [2.05, 4.69) is 4.98 Å². The number of carbonyl (C=O) groups is 1. The lowest BCUT2D eigenvalue weighted by molar-refractivity contribution is -0.130. The molecule has 1 aliphatic rings. The Hall–Kier alpha value is -1.66. The van der Waals surface area contributed by atoms with E-state index in [0.29, 0.717) is 18.1 Å². The molecule has 1 saturated carbocycles. The predicted octanol–water partition coefficient (Wildman–Crippen LogP) is 2.96. The number of hydrogen-bond acceptors (Lipinski definition) is 5. The number of amides is 1. The lowest BCUT2D eigenvalue weighted by Gasteiger charge is -2.31. The average molecular weight is 334 g/mol. The number of aromatic nitrogens is 1. The second-order valence-corrected chi connectivity index (χ2v) is 7.13. The predicted molar refractivity (Wildman–Crippen MR) is 89.1 cm³/mol. The average Bonchev–Trinajstić information content (AvgIpc) is 3.20. The van der Waals surface area contributed by atoms with Crippen molar-refractivity contribution < 1.29 is 14.3 Å². The Bertz CT molecular complexity index is 638. The number of hydrogen-bond donors (Lipinski definition) is 1. The van der Waals surface area contributed by atoms with Crippen LogP contribution >= 0.6 is 11.3 Å². The van der Waals surface area contributed by atoms with Gasteiger partial charge >= 0.3 is 0 Å². The topological polar surface area (TPSA) is 66.6 Å². The number of carbonyl (C=O) groups excluding carboxylic acids is 1. The van der Waals surface area contributed by atoms with Gasteiger partial charge in [0.1, 0.15) is 6.26 Å². The molecule has 2 aromatic rings. The standard InChI is InChI=1S/C17H22N2O3S/c1-19(10-12-5-2-3-6-14(12)20)16(21)9-13-11-22-17(18-13)15-7-4-8-23-15/h4,7-8,11-12,14,20H,2-3,5-6,9-10H2,1H3. The van der Waals surface area contributed by atoms with Crippen LogP contribution in [0, 0.1) is 5.92 Å². The maximum Gasteiger partial charge on any atom is 0.236 e. The molecule has 0 bridgehead atoms. The lowest BCUT2D eigenvalue weighted by atomic mass is 9.86. The quantitative estimate of drug-likeness (QED) is 0.913. The minimum absolute atomic E-state index is 0.00815. The van der Waals surface area contributed by atoms with Gasteiger partial charge in [0.15, 0.2) is 0 Å². The molecule has 0 aromatic carbocycles. The Balaban J connectivity index is 1.56. The van der Waals surface area contributed by atoms with Crippen LogP contribution in [0.15, 0.2) is 28.2 Å². The van der Waals surface area contributed by atoms with Crippen LogP contribution in [0.4, 0.5) is 0 Å². The molecule has 5 nitrogen and oxygen atoms in total. The molecule has 1 amide bonds. The molecule has 0 radical (unpaired) electrons. The largest absolute Gasteiger partial charge is 0.444 e. The Morgan fingerprint density at radius 1 is 1.48 bits per heavy atom. The first-order valence-electron chi connectivity index (χ1n) is 8.04. The van der Waals surface area contributed by atoms with E-state index in [-0.39, 0.29) is 24.3 Å². The van der Waals surface area contributed by atoms with Crippen LogP contribution in [0.1, 0.15) is 31.4 Å². The van der Waals surface area contributed by atoms with Crippen LogP contribution in [0.3, 0.4) is 0 Å². The van der Waals surface area contributed by atoms with Gasteiger partial charge in [-0.2, -0.15) is 0 Å². The van der Waals surface area contributed by atoms with Gasteiger partial charge in [-0.15, -0.1) is 11.3 Å². The monoisotopic (exact) mass is 334 g/mol. The third-order valence-corrected chi connectivity index (χ3v) is 5.28. The van der Waals surface area contributed by atoms with E-state index < -0.39 is 0 Å². The first-order chi connectivity index (χ1) is 11.1. The molecule has 0 spiro atoms. The van der Waals surface area contributed by atoms with E-state index in [1.54, 1.807) is 29.5 Å². The Labute approximate surface area is 140 Å². The summed E-state index contributed by atoms with van der Waals surface area (Å²) in [6, 6.07) is 3.89. The number of rotatable bonds is 5. The van der Waals surface area contributed by atoms with E-state index >= 15 is 0 Å². The molecule has 23 heavy (non-hydrogen) atoms. The zero-order valence-corrected chi connectivity index (χ0v) is 14.1. The van der Waals surface area contributed by atoms with E-state index in [1.807, 2.05) is 17.5 Å². The van der Waals surface area contributed by atoms with Gasteiger partial charge in [0.2, 0.25) is 11.8 Å². The van der Waals surface area contributed by atoms with E-state index in [1.165, 1.54) is 0 Å². The third kappa shape index (κ3) is 4.00. The molecule has 3 rings (SSSR count). The summed E-state index contributed by atoms with van der Waals surface area (Å²) in [4.78, 5) is 19.4. The van der Waals surface area contributed by atoms with Gasteiger partial charge in [-0.1, -0.05) is 18.9 Å². The molecule has 1 fully saturated rings. The van der Waals surface area contributed by atoms with Crippen LogP contribution in [-0.4, -0.2) is 40.6 Å². The number of likely N-dealkylation sites (N-methyl/N-ethyl adjacent to an activating group) is 1.